The number of rotatable bonds is 6. The molecule has 1 atom stereocenters. The molecule has 0 spiro atoms. The van der Waals surface area contributed by atoms with Crippen LogP contribution in [0.5, 0.6) is 5.88 Å². The molecule has 0 saturated carbocycles. The summed E-state index contributed by atoms with van der Waals surface area (Å²) < 4.78 is 10.0. The van der Waals surface area contributed by atoms with Crippen LogP contribution in [0.4, 0.5) is 0 Å². The minimum atomic E-state index is -0.223. The first-order valence-corrected chi connectivity index (χ1v) is 7.39. The van der Waals surface area contributed by atoms with Crippen LogP contribution < -0.4 is 10.1 Å². The van der Waals surface area contributed by atoms with E-state index in [0.717, 1.165) is 11.3 Å². The lowest BCUT2D eigenvalue weighted by Crippen LogP contribution is -2.23. The molecule has 0 amide bonds. The summed E-state index contributed by atoms with van der Waals surface area (Å²) in [6, 6.07) is 12.9. The normalized spacial score (nSPS) is 12.1. The second-order valence-electron chi connectivity index (χ2n) is 4.83. The second kappa shape index (κ2) is 7.21. The van der Waals surface area contributed by atoms with Crippen LogP contribution >= 0.6 is 11.6 Å². The summed E-state index contributed by atoms with van der Waals surface area (Å²) in [7, 11) is 1.59. The SMILES string of the molecule is COc1cccc(CN[C@@H](c2ccc(Cl)cc2)c2ncon2)n1. The average Bonchev–Trinajstić information content (AvgIpc) is 3.11. The number of hydrogen-bond acceptors (Lipinski definition) is 6. The van der Waals surface area contributed by atoms with Crippen molar-refractivity contribution < 1.29 is 9.26 Å². The maximum atomic E-state index is 5.95. The van der Waals surface area contributed by atoms with E-state index in [-0.39, 0.29) is 6.04 Å². The highest BCUT2D eigenvalue weighted by atomic mass is 35.5. The Labute approximate surface area is 138 Å². The molecular weight excluding hydrogens is 316 g/mol. The third-order valence-corrected chi connectivity index (χ3v) is 3.57. The zero-order valence-electron chi connectivity index (χ0n) is 12.4. The molecule has 7 heteroatoms. The first kappa shape index (κ1) is 15.5. The minimum absolute atomic E-state index is 0.223. The van der Waals surface area contributed by atoms with Gasteiger partial charge in [-0.1, -0.05) is 35.0 Å². The Hall–Kier alpha value is -2.44. The fourth-order valence-electron chi connectivity index (χ4n) is 2.20. The summed E-state index contributed by atoms with van der Waals surface area (Å²) in [5, 5.41) is 7.99. The van der Waals surface area contributed by atoms with E-state index in [1.807, 2.05) is 36.4 Å². The van der Waals surface area contributed by atoms with Gasteiger partial charge in [0.2, 0.25) is 12.3 Å². The van der Waals surface area contributed by atoms with Crippen molar-refractivity contribution in [3.63, 3.8) is 0 Å². The standard InChI is InChI=1S/C16H15ClN4O2/c1-22-14-4-2-3-13(20-14)9-18-15(16-19-10-23-21-16)11-5-7-12(17)8-6-11/h2-8,10,15,18H,9H2,1H3/t15-/m0/s1. The molecule has 1 N–H and O–H groups in total. The van der Waals surface area contributed by atoms with E-state index >= 15 is 0 Å². The van der Waals surface area contributed by atoms with Gasteiger partial charge in [0.15, 0.2) is 5.82 Å². The first-order chi connectivity index (χ1) is 11.3. The minimum Gasteiger partial charge on any atom is -0.481 e. The quantitative estimate of drug-likeness (QED) is 0.749. The summed E-state index contributed by atoms with van der Waals surface area (Å²) in [5.74, 6) is 1.13. The van der Waals surface area contributed by atoms with Crippen molar-refractivity contribution in [3.05, 3.63) is 71.0 Å². The Kier molecular flexibility index (Phi) is 4.85. The summed E-state index contributed by atoms with van der Waals surface area (Å²) >= 11 is 5.95. The molecule has 0 fully saturated rings. The van der Waals surface area contributed by atoms with Crippen LogP contribution in [0.2, 0.25) is 5.02 Å². The van der Waals surface area contributed by atoms with Crippen LogP contribution in [0.3, 0.4) is 0 Å². The van der Waals surface area contributed by atoms with Gasteiger partial charge >= 0.3 is 0 Å². The lowest BCUT2D eigenvalue weighted by molar-refractivity contribution is 0.393. The van der Waals surface area contributed by atoms with E-state index in [2.05, 4.69) is 20.4 Å². The first-order valence-electron chi connectivity index (χ1n) is 7.01. The Morgan fingerprint density at radius 2 is 2.04 bits per heavy atom. The van der Waals surface area contributed by atoms with Crippen LogP contribution in [0.25, 0.3) is 0 Å². The summed E-state index contributed by atoms with van der Waals surface area (Å²) in [5.41, 5.74) is 1.84. The number of methoxy groups -OCH3 is 1. The largest absolute Gasteiger partial charge is 0.481 e. The fraction of sp³-hybridized carbons (Fsp3) is 0.188. The molecule has 0 aliphatic rings. The highest BCUT2D eigenvalue weighted by molar-refractivity contribution is 6.30. The van der Waals surface area contributed by atoms with Gasteiger partial charge in [-0.15, -0.1) is 0 Å². The molecule has 3 aromatic rings. The van der Waals surface area contributed by atoms with E-state index in [4.69, 9.17) is 20.9 Å². The number of aromatic nitrogens is 3. The van der Waals surface area contributed by atoms with E-state index < -0.39 is 0 Å². The van der Waals surface area contributed by atoms with Crippen molar-refractivity contribution >= 4 is 11.6 Å². The molecule has 3 rings (SSSR count). The molecule has 2 aromatic heterocycles. The van der Waals surface area contributed by atoms with Crippen LogP contribution in [0.15, 0.2) is 53.4 Å². The average molecular weight is 331 g/mol. The van der Waals surface area contributed by atoms with Gasteiger partial charge in [-0.2, -0.15) is 4.98 Å². The van der Waals surface area contributed by atoms with Gasteiger partial charge in [-0.25, -0.2) is 4.98 Å². The number of nitrogens with one attached hydrogen (secondary N) is 1. The molecule has 1 aromatic carbocycles. The van der Waals surface area contributed by atoms with Crippen LogP contribution in [0.1, 0.15) is 23.1 Å². The highest BCUT2D eigenvalue weighted by Gasteiger charge is 2.18. The number of pyridine rings is 1. The summed E-state index contributed by atoms with van der Waals surface area (Å²) in [4.78, 5) is 8.53. The molecule has 6 nitrogen and oxygen atoms in total. The van der Waals surface area contributed by atoms with E-state index in [1.54, 1.807) is 13.2 Å². The third-order valence-electron chi connectivity index (χ3n) is 3.32. The molecule has 0 aliphatic heterocycles. The zero-order valence-corrected chi connectivity index (χ0v) is 13.2. The maximum Gasteiger partial charge on any atom is 0.213 e. The Morgan fingerprint density at radius 1 is 1.22 bits per heavy atom. The van der Waals surface area contributed by atoms with Crippen molar-refractivity contribution in [1.82, 2.24) is 20.4 Å². The van der Waals surface area contributed by atoms with Crippen molar-refractivity contribution in [2.45, 2.75) is 12.6 Å². The number of ether oxygens (including phenoxy) is 1. The molecule has 2 heterocycles. The van der Waals surface area contributed by atoms with Crippen molar-refractivity contribution in [3.8, 4) is 5.88 Å². The highest BCUT2D eigenvalue weighted by Crippen LogP contribution is 2.21. The Balaban J connectivity index is 1.80. The van der Waals surface area contributed by atoms with Crippen molar-refractivity contribution in [2.24, 2.45) is 0 Å². The van der Waals surface area contributed by atoms with Gasteiger partial charge in [0.1, 0.15) is 0 Å². The Bertz CT molecular complexity index is 747. The number of benzene rings is 1. The summed E-state index contributed by atoms with van der Waals surface area (Å²) in [6.07, 6.45) is 1.31. The van der Waals surface area contributed by atoms with E-state index in [0.29, 0.717) is 23.3 Å². The predicted octanol–water partition coefficient (Wildman–Crippen LogP) is 3.01. The molecule has 0 unspecified atom stereocenters. The molecule has 23 heavy (non-hydrogen) atoms. The lowest BCUT2D eigenvalue weighted by atomic mass is 10.1. The van der Waals surface area contributed by atoms with E-state index in [1.165, 1.54) is 6.39 Å². The van der Waals surface area contributed by atoms with Crippen LogP contribution in [-0.2, 0) is 6.54 Å². The van der Waals surface area contributed by atoms with Crippen LogP contribution in [0, 0.1) is 0 Å². The number of hydrogen-bond donors (Lipinski definition) is 1. The smallest absolute Gasteiger partial charge is 0.213 e. The third kappa shape index (κ3) is 3.85. The van der Waals surface area contributed by atoms with Gasteiger partial charge in [-0.05, 0) is 23.8 Å². The topological polar surface area (TPSA) is 73.1 Å². The lowest BCUT2D eigenvalue weighted by Gasteiger charge is -2.16. The van der Waals surface area contributed by atoms with Crippen LogP contribution in [-0.4, -0.2) is 22.2 Å². The zero-order chi connectivity index (χ0) is 16.1. The predicted molar refractivity (Wildman–Crippen MR) is 85.2 cm³/mol. The maximum absolute atomic E-state index is 5.95. The molecule has 0 aliphatic carbocycles. The number of nitrogens with zero attached hydrogens (tertiary/aromatic N) is 3. The second-order valence-corrected chi connectivity index (χ2v) is 5.26. The van der Waals surface area contributed by atoms with E-state index in [9.17, 15) is 0 Å². The van der Waals surface area contributed by atoms with Gasteiger partial charge in [0.05, 0.1) is 18.8 Å². The van der Waals surface area contributed by atoms with Gasteiger partial charge in [0, 0.05) is 17.6 Å². The van der Waals surface area contributed by atoms with Crippen molar-refractivity contribution in [1.29, 1.82) is 0 Å². The molecule has 0 bridgehead atoms. The van der Waals surface area contributed by atoms with Crippen molar-refractivity contribution in [2.75, 3.05) is 7.11 Å². The monoisotopic (exact) mass is 330 g/mol. The van der Waals surface area contributed by atoms with Gasteiger partial charge in [-0.3, -0.25) is 5.32 Å². The Morgan fingerprint density at radius 3 is 2.74 bits per heavy atom. The molecule has 0 saturated heterocycles. The fourth-order valence-corrected chi connectivity index (χ4v) is 2.32. The summed E-state index contributed by atoms with van der Waals surface area (Å²) in [6.45, 7) is 0.527. The van der Waals surface area contributed by atoms with Gasteiger partial charge < -0.3 is 9.26 Å². The molecular formula is C16H15ClN4O2. The van der Waals surface area contributed by atoms with Gasteiger partial charge in [0.25, 0.3) is 0 Å². The molecule has 118 valence electrons. The molecule has 0 radical (unpaired) electrons. The number of halogens is 1.